The molecule has 0 atom stereocenters. The molecule has 4 aromatic rings. The average Bonchev–Trinajstić information content (AvgIpc) is 3.16. The SMILES string of the molecule is CN(C)c1cccc2c(ONCCSSCCN)cccc12.CN(C)c1cccc2c(S(=O)(=O)Cl)cccc12.NCCSSCCN.O=CO[O-].O=S.[H-].[K+].[K+]. The number of nitrogens with one attached hydrogen (secondary N) is 1. The zero-order chi connectivity index (χ0) is 40.1. The number of benzene rings is 4. The maximum absolute atomic E-state index is 11.5. The summed E-state index contributed by atoms with van der Waals surface area (Å²) in [5, 5.41) is 12.3. The Bertz CT molecular complexity index is 1710. The minimum absolute atomic E-state index is 0. The van der Waals surface area contributed by atoms with Crippen molar-refractivity contribution in [1.29, 1.82) is 0 Å². The quantitative estimate of drug-likeness (QED) is 0.0180. The summed E-state index contributed by atoms with van der Waals surface area (Å²) in [6.45, 7) is 2.88. The van der Waals surface area contributed by atoms with Gasteiger partial charge in [0.05, 0.1) is 4.90 Å². The fraction of sp³-hybridized carbons (Fsp3) is 0.364. The third kappa shape index (κ3) is 25.4. The summed E-state index contributed by atoms with van der Waals surface area (Å²) in [4.78, 5) is 21.2. The van der Waals surface area contributed by atoms with Crippen molar-refractivity contribution in [3.8, 4) is 5.75 Å². The van der Waals surface area contributed by atoms with Crippen LogP contribution in [0, 0.1) is 0 Å². The van der Waals surface area contributed by atoms with Crippen molar-refractivity contribution in [2.24, 2.45) is 17.2 Å². The first kappa shape index (κ1) is 60.3. The Morgan fingerprint density at radius 3 is 1.53 bits per heavy atom. The molecule has 0 spiro atoms. The number of hydroxylamine groups is 1. The van der Waals surface area contributed by atoms with E-state index < -0.39 is 9.05 Å². The normalized spacial score (nSPS) is 9.84. The molecule has 0 aromatic heterocycles. The van der Waals surface area contributed by atoms with E-state index in [1.165, 1.54) is 17.1 Å². The topological polar surface area (TPSA) is 206 Å². The van der Waals surface area contributed by atoms with E-state index in [0.717, 1.165) is 71.4 Å². The number of anilines is 2. The Kier molecular flexibility index (Phi) is 41.6. The molecule has 0 amide bonds. The zero-order valence-electron chi connectivity index (χ0n) is 33.0. The van der Waals surface area contributed by atoms with E-state index in [4.69, 9.17) is 47.0 Å². The number of nitrogens with zero attached hydrogens (tertiary/aromatic N) is 2. The molecule has 13 nitrogen and oxygen atoms in total. The molecule has 7 N–H and O–H groups in total. The van der Waals surface area contributed by atoms with E-state index in [1.54, 1.807) is 44.5 Å². The standard InChI is InChI=1S/C16H23N3OS2.C12H12ClNO2S.C4H12N2S2.CH2O3.2K.OS.H/c1-19(2)15-7-3-6-14-13(15)5-4-8-16(14)20-18-10-12-22-21-11-9-17;1-14(2)11-7-3-6-10-9(11)5-4-8-12(10)17(13,15)16;5-1-3-7-8-4-2-6;2-1-4-3;;;1-2;/h3-8,18H,9-12,17H2,1-2H3;3-8H,1-2H3;1-6H2;1,3H;;;;/q;;;;2*+1;;-1/p-1. The van der Waals surface area contributed by atoms with E-state index in [-0.39, 0.29) is 116 Å². The van der Waals surface area contributed by atoms with Crippen molar-refractivity contribution in [2.45, 2.75) is 4.90 Å². The van der Waals surface area contributed by atoms with E-state index in [1.807, 2.05) is 60.1 Å². The third-order valence-electron chi connectivity index (χ3n) is 6.22. The maximum Gasteiger partial charge on any atom is 1.00 e. The Hall–Kier alpha value is 1.00. The second-order valence-electron chi connectivity index (χ2n) is 10.3. The minimum atomic E-state index is -3.72. The van der Waals surface area contributed by atoms with Gasteiger partial charge in [-0.1, -0.05) is 91.7 Å². The van der Waals surface area contributed by atoms with Crippen LogP contribution in [-0.4, -0.2) is 96.5 Å². The molecule has 0 aliphatic carbocycles. The number of carbonyl (C=O) groups is 1. The van der Waals surface area contributed by atoms with E-state index in [0.29, 0.717) is 5.39 Å². The van der Waals surface area contributed by atoms with Crippen molar-refractivity contribution in [3.63, 3.8) is 0 Å². The van der Waals surface area contributed by atoms with E-state index in [2.05, 4.69) is 66.2 Å². The molecule has 55 heavy (non-hydrogen) atoms. The van der Waals surface area contributed by atoms with Crippen LogP contribution in [0.1, 0.15) is 1.43 Å². The van der Waals surface area contributed by atoms with Crippen LogP contribution in [0.5, 0.6) is 5.75 Å². The van der Waals surface area contributed by atoms with Gasteiger partial charge in [0.25, 0.3) is 15.5 Å². The molecule has 0 fully saturated rings. The summed E-state index contributed by atoms with van der Waals surface area (Å²) in [5.74, 6) is 4.90. The Morgan fingerprint density at radius 2 is 1.11 bits per heavy atom. The van der Waals surface area contributed by atoms with Crippen LogP contribution in [0.2, 0.25) is 0 Å². The van der Waals surface area contributed by atoms with Crippen LogP contribution in [0.25, 0.3) is 21.5 Å². The number of nitrogens with two attached hydrogens (primary N) is 3. The van der Waals surface area contributed by atoms with Crippen molar-refractivity contribution in [1.82, 2.24) is 5.48 Å². The number of fused-ring (bicyclic) bond motifs is 2. The summed E-state index contributed by atoms with van der Waals surface area (Å²) in [7, 11) is 16.8. The Morgan fingerprint density at radius 1 is 0.727 bits per heavy atom. The summed E-state index contributed by atoms with van der Waals surface area (Å²) >= 11 is 2.83. The molecule has 4 aromatic carbocycles. The largest absolute Gasteiger partial charge is 1.00 e. The van der Waals surface area contributed by atoms with Crippen LogP contribution in [0.4, 0.5) is 11.4 Å². The molecule has 0 unspecified atom stereocenters. The van der Waals surface area contributed by atoms with Crippen molar-refractivity contribution >= 4 is 115 Å². The summed E-state index contributed by atoms with van der Waals surface area (Å²) < 4.78 is 30.8. The number of halogens is 1. The van der Waals surface area contributed by atoms with Gasteiger partial charge >= 0.3 is 103 Å². The van der Waals surface area contributed by atoms with Crippen LogP contribution in [0.15, 0.2) is 77.7 Å². The van der Waals surface area contributed by atoms with Crippen molar-refractivity contribution in [2.75, 3.05) is 87.2 Å². The van der Waals surface area contributed by atoms with Gasteiger partial charge in [0.1, 0.15) is 0 Å². The van der Waals surface area contributed by atoms with Crippen LogP contribution >= 0.6 is 53.9 Å². The van der Waals surface area contributed by atoms with Crippen LogP contribution < -0.4 is 145 Å². The molecule has 4 rings (SSSR count). The number of hydrogen-bond donors (Lipinski definition) is 4. The smallest absolute Gasteiger partial charge is 1.00 e. The summed E-state index contributed by atoms with van der Waals surface area (Å²) in [6.07, 6.45) is 0. The molecule has 0 aliphatic rings. The second kappa shape index (κ2) is 38.0. The van der Waals surface area contributed by atoms with Gasteiger partial charge < -0.3 is 43.4 Å². The molecule has 0 bridgehead atoms. The van der Waals surface area contributed by atoms with Gasteiger partial charge in [-0.3, -0.25) is 4.79 Å². The first-order valence-electron chi connectivity index (χ1n) is 15.7. The first-order chi connectivity index (χ1) is 25.5. The zero-order valence-corrected chi connectivity index (χ0v) is 43.9. The molecule has 0 saturated carbocycles. The van der Waals surface area contributed by atoms with Gasteiger partial charge in [-0.05, 0) is 24.3 Å². The van der Waals surface area contributed by atoms with E-state index in [9.17, 15) is 8.42 Å². The number of hydrogen-bond acceptors (Lipinski definition) is 18. The molecule has 0 heterocycles. The van der Waals surface area contributed by atoms with E-state index >= 15 is 0 Å². The van der Waals surface area contributed by atoms with Crippen molar-refractivity contribution in [3.05, 3.63) is 72.8 Å². The Labute approximate surface area is 437 Å². The molecule has 0 saturated heterocycles. The number of carbonyl (C=O) groups excluding carboxylic acids is 1. The third-order valence-corrected chi connectivity index (χ3v) is 12.5. The fourth-order valence-electron chi connectivity index (χ4n) is 4.20. The molecular weight excluding hydrogens is 898 g/mol. The fourth-order valence-corrected chi connectivity index (χ4v) is 8.75. The van der Waals surface area contributed by atoms with Crippen molar-refractivity contribution < 1.29 is 137 Å². The predicted molar refractivity (Wildman–Crippen MR) is 232 cm³/mol. The monoisotopic (exact) mass is 946 g/mol. The van der Waals surface area contributed by atoms with Gasteiger partial charge in [0.15, 0.2) is 18.3 Å². The summed E-state index contributed by atoms with van der Waals surface area (Å²) in [6, 6.07) is 23.0. The average molecular weight is 948 g/mol. The second-order valence-corrected chi connectivity index (χ2v) is 18.3. The first-order valence-corrected chi connectivity index (χ1v) is 23.3. The molecule has 0 aliphatic heterocycles. The van der Waals surface area contributed by atoms with Gasteiger partial charge in [-0.2, -0.15) is 9.69 Å². The van der Waals surface area contributed by atoms with Crippen LogP contribution in [0.3, 0.4) is 0 Å². The molecule has 0 radical (unpaired) electrons. The van der Waals surface area contributed by atoms with Gasteiger partial charge in [0.2, 0.25) is 0 Å². The molecular formula is C33H49ClK2N6O7S6. The molecule has 298 valence electrons. The Balaban J connectivity index is -0.000000354. The predicted octanol–water partition coefficient (Wildman–Crippen LogP) is -1.53. The van der Waals surface area contributed by atoms with Crippen LogP contribution in [-0.2, 0) is 31.3 Å². The van der Waals surface area contributed by atoms with Gasteiger partial charge in [0, 0.05) is 121 Å². The molecule has 22 heteroatoms. The maximum atomic E-state index is 11.5. The summed E-state index contributed by atoms with van der Waals surface area (Å²) in [5.41, 5.74) is 21.1. The van der Waals surface area contributed by atoms with Gasteiger partial charge in [-0.25, -0.2) is 8.42 Å². The van der Waals surface area contributed by atoms with Gasteiger partial charge in [-0.15, -0.1) is 0 Å². The minimum Gasteiger partial charge on any atom is -1.00 e. The number of rotatable bonds is 17.